The van der Waals surface area contributed by atoms with E-state index >= 15 is 0 Å². The van der Waals surface area contributed by atoms with Crippen LogP contribution in [0, 0.1) is 0 Å². The Morgan fingerprint density at radius 2 is 2.06 bits per heavy atom. The molecule has 1 heterocycles. The van der Waals surface area contributed by atoms with Crippen LogP contribution in [0.3, 0.4) is 0 Å². The zero-order valence-electron chi connectivity index (χ0n) is 7.91. The fourth-order valence-corrected chi connectivity index (χ4v) is 2.00. The number of rotatable bonds is 2. The molecule has 16 heavy (non-hydrogen) atoms. The van der Waals surface area contributed by atoms with Crippen molar-refractivity contribution in [2.45, 2.75) is 0 Å². The molecule has 3 nitrogen and oxygen atoms in total. The number of hydrogen-bond donors (Lipinski definition) is 1. The topological polar surface area (TPSA) is 50.4 Å². The minimum atomic E-state index is -1.10. The third-order valence-corrected chi connectivity index (χ3v) is 2.57. The largest absolute Gasteiger partial charge is 0.478 e. The second kappa shape index (κ2) is 4.20. The van der Waals surface area contributed by atoms with Gasteiger partial charge in [0.2, 0.25) is 0 Å². The van der Waals surface area contributed by atoms with Gasteiger partial charge in [0.15, 0.2) is 0 Å². The summed E-state index contributed by atoms with van der Waals surface area (Å²) in [4.78, 5) is 11.1. The van der Waals surface area contributed by atoms with Crippen LogP contribution in [0.4, 0.5) is 0 Å². The van der Waals surface area contributed by atoms with Crippen molar-refractivity contribution in [2.24, 2.45) is 0 Å². The Hall–Kier alpha value is -1.45. The molecule has 2 rings (SSSR count). The standard InChI is InChI=1S/C11H6Cl2O3/c12-6-4-7(11(14)15)10(8(13)5-6)9-2-1-3-16-9/h1-5H,(H,14,15). The first-order valence-electron chi connectivity index (χ1n) is 4.36. The van der Waals surface area contributed by atoms with Gasteiger partial charge in [0.1, 0.15) is 5.76 Å². The Balaban J connectivity index is 2.72. The predicted octanol–water partition coefficient (Wildman–Crippen LogP) is 3.95. The van der Waals surface area contributed by atoms with E-state index in [9.17, 15) is 4.79 Å². The Kier molecular flexibility index (Phi) is 2.90. The Morgan fingerprint density at radius 1 is 1.31 bits per heavy atom. The van der Waals surface area contributed by atoms with Gasteiger partial charge < -0.3 is 9.52 Å². The van der Waals surface area contributed by atoms with E-state index in [4.69, 9.17) is 32.7 Å². The average molecular weight is 257 g/mol. The smallest absolute Gasteiger partial charge is 0.336 e. The second-order valence-corrected chi connectivity index (χ2v) is 3.94. The summed E-state index contributed by atoms with van der Waals surface area (Å²) in [7, 11) is 0. The SMILES string of the molecule is O=C(O)c1cc(Cl)cc(Cl)c1-c1ccco1. The third kappa shape index (κ3) is 1.92. The minimum absolute atomic E-state index is 0.0208. The van der Waals surface area contributed by atoms with Crippen molar-refractivity contribution in [1.82, 2.24) is 0 Å². The first kappa shape index (κ1) is 11.0. The zero-order chi connectivity index (χ0) is 11.7. The quantitative estimate of drug-likeness (QED) is 0.885. The molecule has 0 radical (unpaired) electrons. The number of aromatic carboxylic acids is 1. The molecule has 2 aromatic rings. The highest BCUT2D eigenvalue weighted by molar-refractivity contribution is 6.37. The molecule has 0 aliphatic carbocycles. The van der Waals surface area contributed by atoms with E-state index in [-0.39, 0.29) is 15.6 Å². The van der Waals surface area contributed by atoms with E-state index in [2.05, 4.69) is 0 Å². The number of carbonyl (C=O) groups is 1. The van der Waals surface area contributed by atoms with Gasteiger partial charge in [-0.25, -0.2) is 4.79 Å². The molecule has 1 N–H and O–H groups in total. The third-order valence-electron chi connectivity index (χ3n) is 2.05. The minimum Gasteiger partial charge on any atom is -0.478 e. The lowest BCUT2D eigenvalue weighted by atomic mass is 10.1. The molecule has 1 aromatic heterocycles. The molecule has 1 aromatic carbocycles. The highest BCUT2D eigenvalue weighted by Crippen LogP contribution is 2.34. The van der Waals surface area contributed by atoms with Gasteiger partial charge in [-0.15, -0.1) is 0 Å². The van der Waals surface area contributed by atoms with E-state index in [0.717, 1.165) is 0 Å². The summed E-state index contributed by atoms with van der Waals surface area (Å²) in [6.07, 6.45) is 1.45. The molecular formula is C11H6Cl2O3. The Morgan fingerprint density at radius 3 is 2.62 bits per heavy atom. The highest BCUT2D eigenvalue weighted by Gasteiger charge is 2.18. The normalized spacial score (nSPS) is 10.4. The summed E-state index contributed by atoms with van der Waals surface area (Å²) >= 11 is 11.7. The van der Waals surface area contributed by atoms with Crippen LogP contribution in [0.25, 0.3) is 11.3 Å². The van der Waals surface area contributed by atoms with Gasteiger partial charge in [0.05, 0.1) is 22.4 Å². The van der Waals surface area contributed by atoms with E-state index in [1.807, 2.05) is 0 Å². The highest BCUT2D eigenvalue weighted by atomic mass is 35.5. The van der Waals surface area contributed by atoms with Gasteiger partial charge in [-0.2, -0.15) is 0 Å². The maximum Gasteiger partial charge on any atom is 0.336 e. The maximum absolute atomic E-state index is 11.1. The van der Waals surface area contributed by atoms with Crippen LogP contribution in [0.2, 0.25) is 10.0 Å². The monoisotopic (exact) mass is 256 g/mol. The lowest BCUT2D eigenvalue weighted by Gasteiger charge is -2.06. The number of furan rings is 1. The van der Waals surface area contributed by atoms with Gasteiger partial charge >= 0.3 is 5.97 Å². The van der Waals surface area contributed by atoms with Gasteiger partial charge in [-0.1, -0.05) is 23.2 Å². The molecule has 5 heteroatoms. The molecule has 0 unspecified atom stereocenters. The summed E-state index contributed by atoms with van der Waals surface area (Å²) in [5.41, 5.74) is 0.357. The van der Waals surface area contributed by atoms with Crippen LogP contribution < -0.4 is 0 Å². The van der Waals surface area contributed by atoms with Gasteiger partial charge in [0, 0.05) is 5.02 Å². The molecule has 0 spiro atoms. The van der Waals surface area contributed by atoms with Crippen molar-refractivity contribution in [1.29, 1.82) is 0 Å². The average Bonchev–Trinajstić information content (AvgIpc) is 2.69. The maximum atomic E-state index is 11.1. The van der Waals surface area contributed by atoms with Gasteiger partial charge in [-0.05, 0) is 24.3 Å². The van der Waals surface area contributed by atoms with Crippen LogP contribution in [0.5, 0.6) is 0 Å². The van der Waals surface area contributed by atoms with Crippen molar-refractivity contribution in [3.05, 3.63) is 46.1 Å². The van der Waals surface area contributed by atoms with Crippen molar-refractivity contribution in [3.63, 3.8) is 0 Å². The molecule has 82 valence electrons. The summed E-state index contributed by atoms with van der Waals surface area (Å²) < 4.78 is 5.14. The zero-order valence-corrected chi connectivity index (χ0v) is 9.42. The molecule has 0 aliphatic heterocycles. The lowest BCUT2D eigenvalue weighted by Crippen LogP contribution is -1.99. The molecule has 0 saturated heterocycles. The van der Waals surface area contributed by atoms with E-state index in [1.165, 1.54) is 18.4 Å². The lowest BCUT2D eigenvalue weighted by molar-refractivity contribution is 0.0697. The molecule has 0 atom stereocenters. The summed E-state index contributed by atoms with van der Waals surface area (Å²) in [6.45, 7) is 0. The van der Waals surface area contributed by atoms with Crippen molar-refractivity contribution >= 4 is 29.2 Å². The summed E-state index contributed by atoms with van der Waals surface area (Å²) in [6, 6.07) is 6.12. The number of carboxylic acids is 1. The Bertz CT molecular complexity index is 532. The van der Waals surface area contributed by atoms with Gasteiger partial charge in [-0.3, -0.25) is 0 Å². The first-order valence-corrected chi connectivity index (χ1v) is 5.11. The van der Waals surface area contributed by atoms with Crippen molar-refractivity contribution < 1.29 is 14.3 Å². The van der Waals surface area contributed by atoms with Crippen LogP contribution in [-0.2, 0) is 0 Å². The van der Waals surface area contributed by atoms with Crippen LogP contribution >= 0.6 is 23.2 Å². The molecule has 0 amide bonds. The van der Waals surface area contributed by atoms with Crippen LogP contribution in [0.1, 0.15) is 10.4 Å². The number of benzene rings is 1. The molecule has 0 aliphatic rings. The first-order chi connectivity index (χ1) is 7.59. The predicted molar refractivity (Wildman–Crippen MR) is 61.1 cm³/mol. The molecule has 0 saturated carbocycles. The fraction of sp³-hybridized carbons (Fsp3) is 0. The Labute approximate surface area is 101 Å². The summed E-state index contributed by atoms with van der Waals surface area (Å²) in [5, 5.41) is 9.58. The van der Waals surface area contributed by atoms with E-state index in [1.54, 1.807) is 12.1 Å². The number of carboxylic acid groups (broad SMARTS) is 1. The van der Waals surface area contributed by atoms with Gasteiger partial charge in [0.25, 0.3) is 0 Å². The van der Waals surface area contributed by atoms with Crippen molar-refractivity contribution in [3.8, 4) is 11.3 Å². The molecule has 0 bridgehead atoms. The second-order valence-electron chi connectivity index (χ2n) is 3.09. The number of halogens is 2. The van der Waals surface area contributed by atoms with Crippen LogP contribution in [-0.4, -0.2) is 11.1 Å². The fourth-order valence-electron chi connectivity index (χ4n) is 1.41. The van der Waals surface area contributed by atoms with E-state index < -0.39 is 5.97 Å². The van der Waals surface area contributed by atoms with Crippen LogP contribution in [0.15, 0.2) is 34.9 Å². The van der Waals surface area contributed by atoms with Crippen molar-refractivity contribution in [2.75, 3.05) is 0 Å². The number of hydrogen-bond acceptors (Lipinski definition) is 2. The summed E-state index contributed by atoms with van der Waals surface area (Å²) in [5.74, 6) is -0.699. The molecule has 0 fully saturated rings. The van der Waals surface area contributed by atoms with E-state index in [0.29, 0.717) is 11.3 Å². The molecular weight excluding hydrogens is 251 g/mol.